The fourth-order valence-corrected chi connectivity index (χ4v) is 3.22. The highest BCUT2D eigenvalue weighted by molar-refractivity contribution is 5.78. The van der Waals surface area contributed by atoms with E-state index in [-0.39, 0.29) is 11.8 Å². The van der Waals surface area contributed by atoms with E-state index in [2.05, 4.69) is 10.2 Å². The van der Waals surface area contributed by atoms with E-state index in [1.165, 1.54) is 32.4 Å². The second kappa shape index (κ2) is 7.85. The number of nitrogens with one attached hydrogen (secondary N) is 1. The van der Waals surface area contributed by atoms with E-state index in [9.17, 15) is 4.79 Å². The molecule has 1 amide bonds. The first-order valence-corrected chi connectivity index (χ1v) is 8.01. The predicted octanol–water partition coefficient (Wildman–Crippen LogP) is 1.50. The summed E-state index contributed by atoms with van der Waals surface area (Å²) in [5.74, 6) is 0.473. The zero-order valence-corrected chi connectivity index (χ0v) is 12.1. The van der Waals surface area contributed by atoms with Crippen molar-refractivity contribution in [2.75, 3.05) is 26.2 Å². The minimum absolute atomic E-state index is 0.217. The maximum Gasteiger partial charge on any atom is 0.223 e. The molecule has 0 aromatic heterocycles. The van der Waals surface area contributed by atoms with Gasteiger partial charge in [-0.25, -0.2) is 0 Å². The first-order valence-electron chi connectivity index (χ1n) is 8.01. The predicted molar refractivity (Wildman–Crippen MR) is 77.9 cm³/mol. The average Bonchev–Trinajstić information content (AvgIpc) is 2.45. The molecule has 0 atom stereocenters. The van der Waals surface area contributed by atoms with E-state index >= 15 is 0 Å². The minimum Gasteiger partial charge on any atom is -0.356 e. The second-order valence-electron chi connectivity index (χ2n) is 6.16. The highest BCUT2D eigenvalue weighted by atomic mass is 16.1. The van der Waals surface area contributed by atoms with Crippen LogP contribution in [0.15, 0.2) is 0 Å². The molecule has 0 unspecified atom stereocenters. The smallest absolute Gasteiger partial charge is 0.223 e. The molecule has 4 heteroatoms. The van der Waals surface area contributed by atoms with Crippen LogP contribution in [0.25, 0.3) is 0 Å². The van der Waals surface area contributed by atoms with Gasteiger partial charge in [0.2, 0.25) is 5.91 Å². The molecule has 1 heterocycles. The quantitative estimate of drug-likeness (QED) is 0.742. The number of piperidine rings is 1. The third-order valence-electron chi connectivity index (χ3n) is 4.54. The van der Waals surface area contributed by atoms with Crippen LogP contribution in [0.5, 0.6) is 0 Å². The topological polar surface area (TPSA) is 58.4 Å². The number of rotatable bonds is 5. The Hall–Kier alpha value is -0.610. The monoisotopic (exact) mass is 267 g/mol. The van der Waals surface area contributed by atoms with E-state index in [1.807, 2.05) is 0 Å². The fraction of sp³-hybridized carbons (Fsp3) is 0.933. The lowest BCUT2D eigenvalue weighted by Gasteiger charge is -2.27. The Balaban J connectivity index is 1.53. The molecular formula is C15H29N3O. The van der Waals surface area contributed by atoms with Crippen molar-refractivity contribution in [3.63, 3.8) is 0 Å². The summed E-state index contributed by atoms with van der Waals surface area (Å²) in [7, 11) is 0. The summed E-state index contributed by atoms with van der Waals surface area (Å²) in [6, 6.07) is 0.322. The molecule has 2 fully saturated rings. The number of carbonyl (C=O) groups excluding carboxylic acids is 1. The summed E-state index contributed by atoms with van der Waals surface area (Å²) >= 11 is 0. The Morgan fingerprint density at radius 2 is 1.79 bits per heavy atom. The maximum atomic E-state index is 12.0. The number of likely N-dealkylation sites (tertiary alicyclic amines) is 1. The summed E-state index contributed by atoms with van der Waals surface area (Å²) in [4.78, 5) is 14.5. The Morgan fingerprint density at radius 3 is 2.47 bits per heavy atom. The molecule has 0 aromatic carbocycles. The number of nitrogens with zero attached hydrogens (tertiary/aromatic N) is 1. The van der Waals surface area contributed by atoms with E-state index in [0.29, 0.717) is 6.04 Å². The van der Waals surface area contributed by atoms with Crippen LogP contribution < -0.4 is 11.1 Å². The van der Waals surface area contributed by atoms with Crippen molar-refractivity contribution >= 4 is 5.91 Å². The molecule has 0 aromatic rings. The van der Waals surface area contributed by atoms with Gasteiger partial charge in [-0.1, -0.05) is 6.42 Å². The molecule has 0 spiro atoms. The van der Waals surface area contributed by atoms with Crippen molar-refractivity contribution in [2.45, 2.75) is 57.4 Å². The molecule has 0 radical (unpaired) electrons. The van der Waals surface area contributed by atoms with Crippen molar-refractivity contribution in [2.24, 2.45) is 11.7 Å². The number of hydrogen-bond donors (Lipinski definition) is 2. The molecule has 19 heavy (non-hydrogen) atoms. The molecule has 1 saturated heterocycles. The van der Waals surface area contributed by atoms with Crippen LogP contribution in [0.4, 0.5) is 0 Å². The van der Waals surface area contributed by atoms with Crippen LogP contribution in [-0.2, 0) is 4.79 Å². The van der Waals surface area contributed by atoms with Crippen molar-refractivity contribution in [3.05, 3.63) is 0 Å². The summed E-state index contributed by atoms with van der Waals surface area (Å²) < 4.78 is 0. The average molecular weight is 267 g/mol. The third kappa shape index (κ3) is 5.11. The van der Waals surface area contributed by atoms with Crippen LogP contribution in [-0.4, -0.2) is 43.0 Å². The van der Waals surface area contributed by atoms with Gasteiger partial charge in [-0.2, -0.15) is 0 Å². The molecule has 1 aliphatic carbocycles. The van der Waals surface area contributed by atoms with Gasteiger partial charge in [0.05, 0.1) is 0 Å². The Morgan fingerprint density at radius 1 is 1.11 bits per heavy atom. The normalized spacial score (nSPS) is 29.1. The van der Waals surface area contributed by atoms with Gasteiger partial charge >= 0.3 is 0 Å². The standard InChI is InChI=1S/C15H29N3O/c16-14-7-5-13(6-8-14)15(19)17-9-4-12-18-10-2-1-3-11-18/h13-14H,1-12,16H2,(H,17,19). The van der Waals surface area contributed by atoms with E-state index in [4.69, 9.17) is 5.73 Å². The molecule has 110 valence electrons. The van der Waals surface area contributed by atoms with Crippen molar-refractivity contribution < 1.29 is 4.79 Å². The third-order valence-corrected chi connectivity index (χ3v) is 4.54. The van der Waals surface area contributed by atoms with Gasteiger partial charge in [-0.3, -0.25) is 4.79 Å². The van der Waals surface area contributed by atoms with Gasteiger partial charge in [0.15, 0.2) is 0 Å². The van der Waals surface area contributed by atoms with Crippen LogP contribution in [0, 0.1) is 5.92 Å². The summed E-state index contributed by atoms with van der Waals surface area (Å²) in [6.45, 7) is 4.45. The van der Waals surface area contributed by atoms with Crippen LogP contribution >= 0.6 is 0 Å². The molecule has 1 aliphatic heterocycles. The van der Waals surface area contributed by atoms with Gasteiger partial charge in [-0.15, -0.1) is 0 Å². The molecule has 0 bridgehead atoms. The summed E-state index contributed by atoms with van der Waals surface area (Å²) in [5, 5.41) is 3.10. The van der Waals surface area contributed by atoms with Crippen LogP contribution in [0.1, 0.15) is 51.4 Å². The van der Waals surface area contributed by atoms with Gasteiger partial charge in [0.25, 0.3) is 0 Å². The first-order chi connectivity index (χ1) is 9.25. The lowest BCUT2D eigenvalue weighted by molar-refractivity contribution is -0.126. The summed E-state index contributed by atoms with van der Waals surface area (Å²) in [6.07, 6.45) is 9.11. The van der Waals surface area contributed by atoms with Crippen molar-refractivity contribution in [1.29, 1.82) is 0 Å². The van der Waals surface area contributed by atoms with Crippen molar-refractivity contribution in [3.8, 4) is 0 Å². The van der Waals surface area contributed by atoms with Gasteiger partial charge in [0, 0.05) is 18.5 Å². The molecule has 2 rings (SSSR count). The van der Waals surface area contributed by atoms with Crippen molar-refractivity contribution in [1.82, 2.24) is 10.2 Å². The lowest BCUT2D eigenvalue weighted by Crippen LogP contribution is -2.38. The SMILES string of the molecule is NC1CCC(C(=O)NCCCN2CCCCC2)CC1. The molecule has 2 aliphatic rings. The zero-order valence-electron chi connectivity index (χ0n) is 12.1. The van der Waals surface area contributed by atoms with E-state index in [1.54, 1.807) is 0 Å². The van der Waals surface area contributed by atoms with Gasteiger partial charge < -0.3 is 16.0 Å². The Labute approximate surface area is 117 Å². The first kappa shape index (κ1) is 14.8. The summed E-state index contributed by atoms with van der Waals surface area (Å²) in [5.41, 5.74) is 5.86. The van der Waals surface area contributed by atoms with E-state index < -0.39 is 0 Å². The zero-order chi connectivity index (χ0) is 13.5. The van der Waals surface area contributed by atoms with Crippen LogP contribution in [0.3, 0.4) is 0 Å². The van der Waals surface area contributed by atoms with E-state index in [0.717, 1.165) is 45.2 Å². The molecular weight excluding hydrogens is 238 g/mol. The highest BCUT2D eigenvalue weighted by Crippen LogP contribution is 2.23. The largest absolute Gasteiger partial charge is 0.356 e. The highest BCUT2D eigenvalue weighted by Gasteiger charge is 2.24. The second-order valence-corrected chi connectivity index (χ2v) is 6.16. The molecule has 3 N–H and O–H groups in total. The molecule has 4 nitrogen and oxygen atoms in total. The molecule has 1 saturated carbocycles. The van der Waals surface area contributed by atoms with Gasteiger partial charge in [0.1, 0.15) is 0 Å². The Kier molecular flexibility index (Phi) is 6.11. The number of carbonyl (C=O) groups is 1. The maximum absolute atomic E-state index is 12.0. The van der Waals surface area contributed by atoms with Crippen LogP contribution in [0.2, 0.25) is 0 Å². The number of amides is 1. The fourth-order valence-electron chi connectivity index (χ4n) is 3.22. The number of nitrogens with two attached hydrogens (primary N) is 1. The lowest BCUT2D eigenvalue weighted by atomic mass is 9.86. The van der Waals surface area contributed by atoms with Gasteiger partial charge in [-0.05, 0) is 64.6 Å². The Bertz CT molecular complexity index is 269. The number of hydrogen-bond acceptors (Lipinski definition) is 3. The minimum atomic E-state index is 0.217.